The fraction of sp³-hybridized carbons (Fsp3) is 0.500. The van der Waals surface area contributed by atoms with Crippen molar-refractivity contribution in [2.45, 2.75) is 94.2 Å². The fourth-order valence-electron chi connectivity index (χ4n) is 3.24. The molecule has 2 atom stereocenters. The summed E-state index contributed by atoms with van der Waals surface area (Å²) in [6.45, 7) is 14.0. The zero-order valence-electron chi connectivity index (χ0n) is 20.4. The first-order valence-electron chi connectivity index (χ1n) is 11.9. The van der Waals surface area contributed by atoms with Crippen LogP contribution in [0.5, 0.6) is 0 Å². The highest BCUT2D eigenvalue weighted by molar-refractivity contribution is 8.00. The molecule has 2 rings (SSSR count). The van der Waals surface area contributed by atoms with Crippen LogP contribution in [0.2, 0.25) is 18.1 Å². The van der Waals surface area contributed by atoms with Gasteiger partial charge < -0.3 is 4.43 Å². The lowest BCUT2D eigenvalue weighted by molar-refractivity contribution is 0.191. The Balaban J connectivity index is 2.33. The van der Waals surface area contributed by atoms with Crippen molar-refractivity contribution in [3.63, 3.8) is 0 Å². The van der Waals surface area contributed by atoms with Crippen LogP contribution in [0.3, 0.4) is 0 Å². The van der Waals surface area contributed by atoms with Gasteiger partial charge in [-0.3, -0.25) is 0 Å². The molecule has 0 saturated heterocycles. The number of hydrogen-bond donors (Lipinski definition) is 0. The first-order chi connectivity index (χ1) is 14.7. The molecule has 0 unspecified atom stereocenters. The predicted octanol–water partition coefficient (Wildman–Crippen LogP) is 9.44. The maximum absolute atomic E-state index is 7.09. The van der Waals surface area contributed by atoms with Gasteiger partial charge in [0.2, 0.25) is 0 Å². The van der Waals surface area contributed by atoms with Crippen molar-refractivity contribution in [3.05, 3.63) is 78.4 Å². The third-order valence-electron chi connectivity index (χ3n) is 6.22. The van der Waals surface area contributed by atoms with Crippen molar-refractivity contribution < 1.29 is 4.43 Å². The van der Waals surface area contributed by atoms with Crippen LogP contribution in [0.15, 0.2) is 77.7 Å². The molecule has 0 saturated carbocycles. The molecule has 0 N–H and O–H groups in total. The van der Waals surface area contributed by atoms with E-state index in [9.17, 15) is 0 Å². The summed E-state index contributed by atoms with van der Waals surface area (Å²) in [5.41, 5.74) is 1.27. The standard InChI is InChI=1S/C28H42OSSi/c1-7-8-9-10-11-18-23-26(30-25-21-16-13-17-22-25)27(24-19-14-12-15-20-24)29-31(5,6)28(2,3)4/h12-23,26-27H,7-11H2,1-6H3/b23-18+/t26-,27-/m0/s1. The minimum atomic E-state index is -1.94. The van der Waals surface area contributed by atoms with Crippen LogP contribution in [0, 0.1) is 0 Å². The Morgan fingerprint density at radius 3 is 2.10 bits per heavy atom. The van der Waals surface area contributed by atoms with Crippen LogP contribution in [0.4, 0.5) is 0 Å². The molecule has 1 nitrogen and oxygen atoms in total. The predicted molar refractivity (Wildman–Crippen MR) is 141 cm³/mol. The molecule has 0 fully saturated rings. The molecule has 0 heterocycles. The van der Waals surface area contributed by atoms with Gasteiger partial charge in [0.15, 0.2) is 8.32 Å². The fourth-order valence-corrected chi connectivity index (χ4v) is 5.76. The Bertz CT molecular complexity index is 765. The Morgan fingerprint density at radius 2 is 1.52 bits per heavy atom. The first kappa shape index (κ1) is 26.0. The summed E-state index contributed by atoms with van der Waals surface area (Å²) in [6, 6.07) is 21.6. The lowest BCUT2D eigenvalue weighted by Gasteiger charge is -2.41. The van der Waals surface area contributed by atoms with E-state index in [0.29, 0.717) is 0 Å². The Labute approximate surface area is 196 Å². The number of thioether (sulfide) groups is 1. The second-order valence-electron chi connectivity index (χ2n) is 9.88. The van der Waals surface area contributed by atoms with E-state index in [1.54, 1.807) is 0 Å². The smallest absolute Gasteiger partial charge is 0.192 e. The summed E-state index contributed by atoms with van der Waals surface area (Å²) in [7, 11) is -1.94. The monoisotopic (exact) mass is 454 g/mol. The Kier molecular flexibility index (Phi) is 10.6. The second-order valence-corrected chi connectivity index (χ2v) is 15.9. The summed E-state index contributed by atoms with van der Waals surface area (Å²) in [4.78, 5) is 1.29. The van der Waals surface area contributed by atoms with Crippen LogP contribution in [-0.4, -0.2) is 13.6 Å². The third-order valence-corrected chi connectivity index (χ3v) is 11.9. The van der Waals surface area contributed by atoms with Crippen molar-refractivity contribution in [1.82, 2.24) is 0 Å². The van der Waals surface area contributed by atoms with Crippen molar-refractivity contribution in [3.8, 4) is 0 Å². The Hall–Kier alpha value is -1.29. The van der Waals surface area contributed by atoms with Crippen molar-refractivity contribution in [2.75, 3.05) is 0 Å². The average Bonchev–Trinajstić information content (AvgIpc) is 2.74. The van der Waals surface area contributed by atoms with E-state index >= 15 is 0 Å². The highest BCUT2D eigenvalue weighted by atomic mass is 32.2. The minimum absolute atomic E-state index is 0.0409. The van der Waals surface area contributed by atoms with E-state index in [2.05, 4.69) is 114 Å². The molecule has 0 spiro atoms. The zero-order valence-corrected chi connectivity index (χ0v) is 22.3. The molecule has 0 aliphatic carbocycles. The molecule has 2 aromatic rings. The maximum atomic E-state index is 7.09. The third kappa shape index (κ3) is 8.63. The summed E-state index contributed by atoms with van der Waals surface area (Å²) in [5, 5.41) is 0.413. The average molecular weight is 455 g/mol. The molecule has 0 amide bonds. The molecule has 0 bridgehead atoms. The van der Waals surface area contributed by atoms with Gasteiger partial charge in [-0.1, -0.05) is 108 Å². The zero-order chi connectivity index (χ0) is 22.7. The van der Waals surface area contributed by atoms with Crippen LogP contribution in [0.1, 0.15) is 71.5 Å². The van der Waals surface area contributed by atoms with Gasteiger partial charge in [-0.05, 0) is 48.7 Å². The Morgan fingerprint density at radius 1 is 0.903 bits per heavy atom. The van der Waals surface area contributed by atoms with Crippen molar-refractivity contribution in [1.29, 1.82) is 0 Å². The van der Waals surface area contributed by atoms with E-state index in [0.717, 1.165) is 6.42 Å². The molecule has 0 radical (unpaired) electrons. The van der Waals surface area contributed by atoms with Crippen LogP contribution < -0.4 is 0 Å². The van der Waals surface area contributed by atoms with Gasteiger partial charge in [-0.2, -0.15) is 0 Å². The van der Waals surface area contributed by atoms with Gasteiger partial charge in [0.1, 0.15) is 0 Å². The van der Waals surface area contributed by atoms with Gasteiger partial charge >= 0.3 is 0 Å². The SMILES string of the molecule is CCCCCC/C=C/[C@H](Sc1ccccc1)[C@@H](O[Si](C)(C)C(C)(C)C)c1ccccc1. The number of unbranched alkanes of at least 4 members (excludes halogenated alkanes) is 4. The molecule has 3 heteroatoms. The van der Waals surface area contributed by atoms with Crippen LogP contribution in [-0.2, 0) is 4.43 Å². The molecular weight excluding hydrogens is 412 g/mol. The minimum Gasteiger partial charge on any atom is -0.408 e. The molecule has 0 aromatic heterocycles. The lowest BCUT2D eigenvalue weighted by Crippen LogP contribution is -2.43. The highest BCUT2D eigenvalue weighted by Crippen LogP contribution is 2.43. The molecule has 2 aromatic carbocycles. The van der Waals surface area contributed by atoms with Gasteiger partial charge in [0, 0.05) is 4.90 Å². The van der Waals surface area contributed by atoms with E-state index in [1.807, 2.05) is 11.8 Å². The molecule has 170 valence electrons. The number of benzene rings is 2. The van der Waals surface area contributed by atoms with Crippen molar-refractivity contribution in [2.24, 2.45) is 0 Å². The first-order valence-corrected chi connectivity index (χ1v) is 15.6. The van der Waals surface area contributed by atoms with Crippen LogP contribution in [0.25, 0.3) is 0 Å². The van der Waals surface area contributed by atoms with E-state index in [4.69, 9.17) is 4.43 Å². The van der Waals surface area contributed by atoms with Crippen LogP contribution >= 0.6 is 11.8 Å². The van der Waals surface area contributed by atoms with Gasteiger partial charge in [0.25, 0.3) is 0 Å². The highest BCUT2D eigenvalue weighted by Gasteiger charge is 2.41. The van der Waals surface area contributed by atoms with Gasteiger partial charge in [-0.15, -0.1) is 11.8 Å². The molecule has 0 aliphatic rings. The number of rotatable bonds is 12. The number of hydrogen-bond acceptors (Lipinski definition) is 2. The second kappa shape index (κ2) is 12.7. The normalized spacial score (nSPS) is 14.6. The van der Waals surface area contributed by atoms with E-state index in [1.165, 1.54) is 36.1 Å². The van der Waals surface area contributed by atoms with Gasteiger partial charge in [-0.25, -0.2) is 0 Å². The lowest BCUT2D eigenvalue weighted by atomic mass is 10.1. The summed E-state index contributed by atoms with van der Waals surface area (Å²) in [6.07, 6.45) is 11.2. The maximum Gasteiger partial charge on any atom is 0.192 e. The van der Waals surface area contributed by atoms with E-state index in [-0.39, 0.29) is 16.4 Å². The quantitative estimate of drug-likeness (QED) is 0.137. The molecular formula is C28H42OSSi. The summed E-state index contributed by atoms with van der Waals surface area (Å²) >= 11 is 1.92. The largest absolute Gasteiger partial charge is 0.408 e. The number of allylic oxidation sites excluding steroid dienone is 1. The summed E-state index contributed by atoms with van der Waals surface area (Å²) in [5.74, 6) is 0. The summed E-state index contributed by atoms with van der Waals surface area (Å²) < 4.78 is 7.09. The van der Waals surface area contributed by atoms with Gasteiger partial charge in [0.05, 0.1) is 11.4 Å². The molecule has 0 aliphatic heterocycles. The molecule has 31 heavy (non-hydrogen) atoms. The van der Waals surface area contributed by atoms with E-state index < -0.39 is 8.32 Å². The van der Waals surface area contributed by atoms with Crippen molar-refractivity contribution >= 4 is 20.1 Å². The topological polar surface area (TPSA) is 9.23 Å².